The molecule has 1 aliphatic heterocycles. The Kier molecular flexibility index (Phi) is 7.04. The van der Waals surface area contributed by atoms with Crippen LogP contribution in [-0.4, -0.2) is 57.0 Å². The van der Waals surface area contributed by atoms with E-state index in [9.17, 15) is 14.7 Å². The van der Waals surface area contributed by atoms with Crippen molar-refractivity contribution in [2.75, 3.05) is 30.8 Å². The fourth-order valence-electron chi connectivity index (χ4n) is 3.83. The summed E-state index contributed by atoms with van der Waals surface area (Å²) in [5, 5.41) is 20.4. The van der Waals surface area contributed by atoms with Gasteiger partial charge in [-0.05, 0) is 36.4 Å². The first kappa shape index (κ1) is 25.7. The number of aliphatic hydroxyl groups is 1. The van der Waals surface area contributed by atoms with Gasteiger partial charge in [0.25, 0.3) is 11.8 Å². The number of nitrogens with zero attached hydrogens (tertiary/aromatic N) is 3. The van der Waals surface area contributed by atoms with Crippen molar-refractivity contribution in [3.63, 3.8) is 0 Å². The molecule has 1 aliphatic rings. The summed E-state index contributed by atoms with van der Waals surface area (Å²) in [5.74, 6) is -0.544. The number of para-hydroxylation sites is 1. The van der Waals surface area contributed by atoms with Crippen LogP contribution in [0.1, 0.15) is 20.8 Å². The van der Waals surface area contributed by atoms with Crippen molar-refractivity contribution in [2.45, 2.75) is 5.60 Å². The Labute approximate surface area is 227 Å². The van der Waals surface area contributed by atoms with Gasteiger partial charge in [-0.3, -0.25) is 9.59 Å². The fourth-order valence-corrected chi connectivity index (χ4v) is 4.39. The van der Waals surface area contributed by atoms with Crippen LogP contribution < -0.4 is 16.4 Å². The summed E-state index contributed by atoms with van der Waals surface area (Å²) < 4.78 is 6.43. The largest absolute Gasteiger partial charge is 0.384 e. The zero-order valence-corrected chi connectivity index (χ0v) is 21.3. The van der Waals surface area contributed by atoms with Crippen LogP contribution >= 0.6 is 23.2 Å². The number of hydrogen-bond acceptors (Lipinski definition) is 7. The highest BCUT2D eigenvalue weighted by molar-refractivity contribution is 6.38. The lowest BCUT2D eigenvalue weighted by molar-refractivity contribution is -0.173. The average molecular weight is 553 g/mol. The number of pyridine rings is 1. The predicted octanol–water partition coefficient (Wildman–Crippen LogP) is 3.57. The van der Waals surface area contributed by atoms with Gasteiger partial charge in [0.1, 0.15) is 17.2 Å². The number of rotatable bonds is 7. The van der Waals surface area contributed by atoms with Gasteiger partial charge in [0.15, 0.2) is 5.69 Å². The van der Waals surface area contributed by atoms with Gasteiger partial charge in [-0.2, -0.15) is 5.10 Å². The molecular formula is C26H22Cl2N6O4. The van der Waals surface area contributed by atoms with E-state index in [4.69, 9.17) is 33.7 Å². The highest BCUT2D eigenvalue weighted by Crippen LogP contribution is 2.33. The van der Waals surface area contributed by atoms with E-state index < -0.39 is 17.4 Å². The molecule has 12 heteroatoms. The molecular weight excluding hydrogens is 531 g/mol. The van der Waals surface area contributed by atoms with Crippen LogP contribution in [0.3, 0.4) is 0 Å². The molecule has 194 valence electrons. The summed E-state index contributed by atoms with van der Waals surface area (Å²) in [6, 6.07) is 18.5. The second-order valence-corrected chi connectivity index (χ2v) is 9.59. The molecule has 4 aromatic rings. The molecule has 10 nitrogen and oxygen atoms in total. The average Bonchev–Trinajstić information content (AvgIpc) is 3.30. The van der Waals surface area contributed by atoms with Crippen molar-refractivity contribution in [1.82, 2.24) is 20.1 Å². The van der Waals surface area contributed by atoms with Gasteiger partial charge in [-0.25, -0.2) is 9.67 Å². The van der Waals surface area contributed by atoms with Crippen LogP contribution in [0.5, 0.6) is 0 Å². The Bertz CT molecular complexity index is 1520. The monoisotopic (exact) mass is 552 g/mol. The standard InChI is InChI=1S/C26H22Cl2N6O4/c27-18-10-19(28)17(9-16(18)20-7-4-8-22(29)31-20)24(35)32-23-11-21(25(36)30-12-26(37)13-38-14-26)33-34(23)15-5-2-1-3-6-15/h1-11,37H,12-14H2,(H2,29,31)(H,30,36)(H,32,35). The maximum Gasteiger partial charge on any atom is 0.271 e. The molecule has 0 bridgehead atoms. The maximum atomic E-state index is 13.4. The summed E-state index contributed by atoms with van der Waals surface area (Å²) in [4.78, 5) is 30.5. The lowest BCUT2D eigenvalue weighted by atomic mass is 10.0. The number of nitrogens with one attached hydrogen (secondary N) is 2. The molecule has 5 N–H and O–H groups in total. The third-order valence-corrected chi connectivity index (χ3v) is 6.48. The summed E-state index contributed by atoms with van der Waals surface area (Å²) in [5.41, 5.74) is 6.45. The second-order valence-electron chi connectivity index (χ2n) is 8.78. The predicted molar refractivity (Wildman–Crippen MR) is 144 cm³/mol. The summed E-state index contributed by atoms with van der Waals surface area (Å²) in [6.45, 7) is 0.289. The Morgan fingerprint density at radius 3 is 2.47 bits per heavy atom. The van der Waals surface area contributed by atoms with Crippen molar-refractivity contribution in [2.24, 2.45) is 0 Å². The normalized spacial score (nSPS) is 14.0. The number of benzene rings is 2. The summed E-state index contributed by atoms with van der Waals surface area (Å²) in [6.07, 6.45) is 0. The SMILES string of the molecule is Nc1cccc(-c2cc(C(=O)Nc3cc(C(=O)NCC4(O)COC4)nn3-c3ccccc3)c(Cl)cc2Cl)n1. The molecule has 0 aliphatic carbocycles. The Hall–Kier alpha value is -3.96. The van der Waals surface area contributed by atoms with E-state index in [2.05, 4.69) is 20.7 Å². The van der Waals surface area contributed by atoms with E-state index >= 15 is 0 Å². The number of amides is 2. The van der Waals surface area contributed by atoms with Crippen LogP contribution in [-0.2, 0) is 4.74 Å². The van der Waals surface area contributed by atoms with E-state index in [1.165, 1.54) is 22.9 Å². The molecule has 2 aromatic carbocycles. The maximum absolute atomic E-state index is 13.4. The summed E-state index contributed by atoms with van der Waals surface area (Å²) >= 11 is 12.8. The number of halogens is 2. The van der Waals surface area contributed by atoms with Crippen LogP contribution in [0.4, 0.5) is 11.6 Å². The lowest BCUT2D eigenvalue weighted by Crippen LogP contribution is -2.57. The number of nitrogens with two attached hydrogens (primary N) is 1. The van der Waals surface area contributed by atoms with Crippen molar-refractivity contribution < 1.29 is 19.4 Å². The highest BCUT2D eigenvalue weighted by Gasteiger charge is 2.36. The minimum absolute atomic E-state index is 0.00686. The van der Waals surface area contributed by atoms with Gasteiger partial charge < -0.3 is 26.2 Å². The minimum Gasteiger partial charge on any atom is -0.384 e. The molecule has 2 aromatic heterocycles. The van der Waals surface area contributed by atoms with Crippen LogP contribution in [0.15, 0.2) is 66.7 Å². The number of hydrogen-bond donors (Lipinski definition) is 4. The van der Waals surface area contributed by atoms with Gasteiger partial charge in [0.2, 0.25) is 0 Å². The molecule has 38 heavy (non-hydrogen) atoms. The van der Waals surface area contributed by atoms with Gasteiger partial charge in [-0.15, -0.1) is 0 Å². The quantitative estimate of drug-likeness (QED) is 0.274. The molecule has 3 heterocycles. The second kappa shape index (κ2) is 10.4. The molecule has 0 radical (unpaired) electrons. The van der Waals surface area contributed by atoms with Crippen molar-refractivity contribution in [3.05, 3.63) is 88.0 Å². The number of carbonyl (C=O) groups excluding carboxylic acids is 2. The number of ether oxygens (including phenoxy) is 1. The number of carbonyl (C=O) groups is 2. The van der Waals surface area contributed by atoms with Gasteiger partial charge in [0, 0.05) is 11.6 Å². The third kappa shape index (κ3) is 5.34. The molecule has 0 spiro atoms. The first-order chi connectivity index (χ1) is 18.2. The van der Waals surface area contributed by atoms with Gasteiger partial charge >= 0.3 is 0 Å². The topological polar surface area (TPSA) is 144 Å². The first-order valence-electron chi connectivity index (χ1n) is 11.5. The zero-order chi connectivity index (χ0) is 26.9. The first-order valence-corrected chi connectivity index (χ1v) is 12.3. The van der Waals surface area contributed by atoms with E-state index in [1.54, 1.807) is 42.5 Å². The van der Waals surface area contributed by atoms with Gasteiger partial charge in [-0.1, -0.05) is 47.5 Å². The van der Waals surface area contributed by atoms with E-state index in [0.717, 1.165) is 0 Å². The van der Waals surface area contributed by atoms with Crippen LogP contribution in [0.25, 0.3) is 16.9 Å². The molecule has 0 atom stereocenters. The van der Waals surface area contributed by atoms with Gasteiger partial charge in [0.05, 0.1) is 46.7 Å². The Balaban J connectivity index is 1.45. The fraction of sp³-hybridized carbons (Fsp3) is 0.154. The van der Waals surface area contributed by atoms with Crippen LogP contribution in [0.2, 0.25) is 10.0 Å². The Morgan fingerprint density at radius 1 is 1.03 bits per heavy atom. The number of anilines is 2. The van der Waals surface area contributed by atoms with Crippen molar-refractivity contribution in [1.29, 1.82) is 0 Å². The minimum atomic E-state index is -1.10. The number of nitrogen functional groups attached to an aromatic ring is 1. The molecule has 1 saturated heterocycles. The molecule has 0 saturated carbocycles. The van der Waals surface area contributed by atoms with E-state index in [0.29, 0.717) is 27.8 Å². The smallest absolute Gasteiger partial charge is 0.271 e. The Morgan fingerprint density at radius 2 is 1.79 bits per heavy atom. The number of aromatic nitrogens is 3. The van der Waals surface area contributed by atoms with E-state index in [1.807, 2.05) is 6.07 Å². The molecule has 0 unspecified atom stereocenters. The zero-order valence-electron chi connectivity index (χ0n) is 19.8. The lowest BCUT2D eigenvalue weighted by Gasteiger charge is -2.36. The highest BCUT2D eigenvalue weighted by atomic mass is 35.5. The van der Waals surface area contributed by atoms with E-state index in [-0.39, 0.29) is 41.9 Å². The van der Waals surface area contributed by atoms with Crippen molar-refractivity contribution >= 4 is 46.7 Å². The van der Waals surface area contributed by atoms with Crippen molar-refractivity contribution in [3.8, 4) is 16.9 Å². The summed E-state index contributed by atoms with van der Waals surface area (Å²) in [7, 11) is 0. The molecule has 1 fully saturated rings. The van der Waals surface area contributed by atoms with Crippen LogP contribution in [0, 0.1) is 0 Å². The molecule has 2 amide bonds. The third-order valence-electron chi connectivity index (χ3n) is 5.85. The molecule has 5 rings (SSSR count).